The molecule has 2 N–H and O–H groups in total. The molecule has 6 nitrogen and oxygen atoms in total. The van der Waals surface area contributed by atoms with Crippen LogP contribution in [0.25, 0.3) is 0 Å². The van der Waals surface area contributed by atoms with Crippen molar-refractivity contribution in [3.63, 3.8) is 0 Å². The Labute approximate surface area is 121 Å². The Morgan fingerprint density at radius 3 is 2.45 bits per heavy atom. The summed E-state index contributed by atoms with van der Waals surface area (Å²) >= 11 is 6.08. The van der Waals surface area contributed by atoms with Crippen LogP contribution in [0.5, 0.6) is 5.75 Å². The largest absolute Gasteiger partial charge is 0.496 e. The molecule has 0 heterocycles. The maximum absolute atomic E-state index is 11.1. The molecule has 0 aliphatic heterocycles. The van der Waals surface area contributed by atoms with Gasteiger partial charge >= 0.3 is 11.9 Å². The lowest BCUT2D eigenvalue weighted by molar-refractivity contribution is -0.136. The van der Waals surface area contributed by atoms with E-state index in [-0.39, 0.29) is 29.3 Å². The highest BCUT2D eigenvalue weighted by Crippen LogP contribution is 2.33. The van der Waals surface area contributed by atoms with Crippen LogP contribution in [0.2, 0.25) is 5.02 Å². The summed E-state index contributed by atoms with van der Waals surface area (Å²) in [4.78, 5) is 23.5. The third-order valence-corrected chi connectivity index (χ3v) is 3.12. The topological polar surface area (TPSA) is 87.1 Å². The third-order valence-electron chi connectivity index (χ3n) is 2.82. The van der Waals surface area contributed by atoms with Crippen LogP contribution in [-0.2, 0) is 4.79 Å². The van der Waals surface area contributed by atoms with Crippen molar-refractivity contribution in [2.75, 3.05) is 25.1 Å². The molecule has 0 unspecified atom stereocenters. The number of anilines is 1. The molecule has 0 spiro atoms. The fourth-order valence-corrected chi connectivity index (χ4v) is 2.08. The lowest BCUT2D eigenvalue weighted by Crippen LogP contribution is -2.26. The molecule has 0 aliphatic carbocycles. The molecule has 1 aromatic carbocycles. The number of halogens is 1. The predicted molar refractivity (Wildman–Crippen MR) is 75.1 cm³/mol. The van der Waals surface area contributed by atoms with Gasteiger partial charge in [0.05, 0.1) is 24.2 Å². The number of ether oxygens (including phenoxy) is 1. The standard InChI is InChI=1S/C13H16ClNO5/c1-3-15(5-4-12(16)17)10-7-11(20-2)8(13(18)19)6-9(10)14/h6-7H,3-5H2,1-2H3,(H,16,17)(H,18,19). The van der Waals surface area contributed by atoms with Gasteiger partial charge in [-0.2, -0.15) is 0 Å². The molecule has 0 fully saturated rings. The normalized spacial score (nSPS) is 10.2. The minimum atomic E-state index is -1.14. The van der Waals surface area contributed by atoms with Crippen LogP contribution in [0.3, 0.4) is 0 Å². The molecule has 0 saturated heterocycles. The minimum Gasteiger partial charge on any atom is -0.496 e. The molecule has 20 heavy (non-hydrogen) atoms. The van der Waals surface area contributed by atoms with Crippen LogP contribution in [0.15, 0.2) is 12.1 Å². The maximum Gasteiger partial charge on any atom is 0.339 e. The third kappa shape index (κ3) is 3.77. The van der Waals surface area contributed by atoms with E-state index in [0.717, 1.165) is 0 Å². The van der Waals surface area contributed by atoms with Gasteiger partial charge in [-0.3, -0.25) is 4.79 Å². The highest BCUT2D eigenvalue weighted by atomic mass is 35.5. The van der Waals surface area contributed by atoms with Crippen molar-refractivity contribution in [3.8, 4) is 5.75 Å². The van der Waals surface area contributed by atoms with Gasteiger partial charge in [0.25, 0.3) is 0 Å². The highest BCUT2D eigenvalue weighted by Gasteiger charge is 2.18. The summed E-state index contributed by atoms with van der Waals surface area (Å²) in [5.41, 5.74) is 0.521. The van der Waals surface area contributed by atoms with Gasteiger partial charge in [-0.1, -0.05) is 11.6 Å². The molecule has 0 saturated carbocycles. The monoisotopic (exact) mass is 301 g/mol. The predicted octanol–water partition coefficient (Wildman–Crippen LogP) is 2.35. The van der Waals surface area contributed by atoms with Crippen molar-refractivity contribution in [1.29, 1.82) is 0 Å². The molecule has 1 aromatic rings. The number of aromatic carboxylic acids is 1. The number of hydrogen-bond acceptors (Lipinski definition) is 4. The summed E-state index contributed by atoms with van der Waals surface area (Å²) in [5, 5.41) is 18.0. The first-order valence-electron chi connectivity index (χ1n) is 5.98. The fraction of sp³-hybridized carbons (Fsp3) is 0.385. The molecule has 0 atom stereocenters. The van der Waals surface area contributed by atoms with Gasteiger partial charge in [-0.05, 0) is 13.0 Å². The summed E-state index contributed by atoms with van der Waals surface area (Å²) in [6, 6.07) is 2.82. The van der Waals surface area contributed by atoms with E-state index >= 15 is 0 Å². The molecular weight excluding hydrogens is 286 g/mol. The number of nitrogens with zero attached hydrogens (tertiary/aromatic N) is 1. The van der Waals surface area contributed by atoms with E-state index in [2.05, 4.69) is 0 Å². The highest BCUT2D eigenvalue weighted by molar-refractivity contribution is 6.33. The Morgan fingerprint density at radius 1 is 1.35 bits per heavy atom. The molecule has 7 heteroatoms. The number of methoxy groups -OCH3 is 1. The number of carboxylic acids is 2. The number of benzene rings is 1. The van der Waals surface area contributed by atoms with Crippen molar-refractivity contribution in [2.45, 2.75) is 13.3 Å². The SMILES string of the molecule is CCN(CCC(=O)O)c1cc(OC)c(C(=O)O)cc1Cl. The van der Waals surface area contributed by atoms with Gasteiger partial charge < -0.3 is 19.8 Å². The first kappa shape index (κ1) is 16.1. The number of rotatable bonds is 7. The van der Waals surface area contributed by atoms with Gasteiger partial charge in [0.15, 0.2) is 0 Å². The average molecular weight is 302 g/mol. The summed E-state index contributed by atoms with van der Waals surface area (Å²) in [6.45, 7) is 2.68. The first-order valence-corrected chi connectivity index (χ1v) is 6.36. The number of carbonyl (C=O) groups is 2. The summed E-state index contributed by atoms with van der Waals surface area (Å²) in [6.07, 6.45) is -0.0346. The Morgan fingerprint density at radius 2 is 2.00 bits per heavy atom. The summed E-state index contributed by atoms with van der Waals surface area (Å²) < 4.78 is 5.04. The summed E-state index contributed by atoms with van der Waals surface area (Å²) in [5.74, 6) is -1.86. The van der Waals surface area contributed by atoms with Gasteiger partial charge in [-0.15, -0.1) is 0 Å². The zero-order chi connectivity index (χ0) is 15.3. The van der Waals surface area contributed by atoms with Crippen LogP contribution in [0.1, 0.15) is 23.7 Å². The molecule has 110 valence electrons. The molecule has 0 aromatic heterocycles. The molecule has 1 rings (SSSR count). The summed E-state index contributed by atoms with van der Waals surface area (Å²) in [7, 11) is 1.37. The average Bonchev–Trinajstić information content (AvgIpc) is 2.39. The first-order chi connectivity index (χ1) is 9.40. The van der Waals surface area contributed by atoms with E-state index in [4.69, 9.17) is 26.6 Å². The van der Waals surface area contributed by atoms with Crippen molar-refractivity contribution >= 4 is 29.2 Å². The van der Waals surface area contributed by atoms with Gasteiger partial charge in [0.1, 0.15) is 11.3 Å². The van der Waals surface area contributed by atoms with E-state index in [1.54, 1.807) is 4.90 Å². The van der Waals surface area contributed by atoms with E-state index in [9.17, 15) is 9.59 Å². The number of carboxylic acid groups (broad SMARTS) is 2. The van der Waals surface area contributed by atoms with Crippen LogP contribution in [-0.4, -0.2) is 42.4 Å². The fourth-order valence-electron chi connectivity index (χ4n) is 1.80. The van der Waals surface area contributed by atoms with E-state index in [1.807, 2.05) is 6.92 Å². The molecule has 0 bridgehead atoms. The van der Waals surface area contributed by atoms with Crippen LogP contribution < -0.4 is 9.64 Å². The molecular formula is C13H16ClNO5. The van der Waals surface area contributed by atoms with Gasteiger partial charge in [-0.25, -0.2) is 4.79 Å². The van der Waals surface area contributed by atoms with E-state index in [0.29, 0.717) is 12.2 Å². The van der Waals surface area contributed by atoms with Crippen LogP contribution in [0, 0.1) is 0 Å². The van der Waals surface area contributed by atoms with Crippen molar-refractivity contribution < 1.29 is 24.5 Å². The van der Waals surface area contributed by atoms with Gasteiger partial charge in [0.2, 0.25) is 0 Å². The Bertz CT molecular complexity index is 518. The second-order valence-electron chi connectivity index (χ2n) is 4.03. The second kappa shape index (κ2) is 7.00. The van der Waals surface area contributed by atoms with Crippen molar-refractivity contribution in [3.05, 3.63) is 22.7 Å². The van der Waals surface area contributed by atoms with Crippen molar-refractivity contribution in [2.24, 2.45) is 0 Å². The van der Waals surface area contributed by atoms with Crippen molar-refractivity contribution in [1.82, 2.24) is 0 Å². The Hall–Kier alpha value is -1.95. The van der Waals surface area contributed by atoms with Crippen LogP contribution in [0.4, 0.5) is 5.69 Å². The Balaban J connectivity index is 3.16. The van der Waals surface area contributed by atoms with E-state index < -0.39 is 11.9 Å². The molecule has 0 amide bonds. The van der Waals surface area contributed by atoms with Crippen LogP contribution >= 0.6 is 11.6 Å². The zero-order valence-electron chi connectivity index (χ0n) is 11.2. The lowest BCUT2D eigenvalue weighted by Gasteiger charge is -2.24. The van der Waals surface area contributed by atoms with E-state index in [1.165, 1.54) is 19.2 Å². The smallest absolute Gasteiger partial charge is 0.339 e. The Kier molecular flexibility index (Phi) is 5.64. The number of aliphatic carboxylic acids is 1. The number of hydrogen-bond donors (Lipinski definition) is 2. The lowest BCUT2D eigenvalue weighted by atomic mass is 10.1. The maximum atomic E-state index is 11.1. The molecule has 0 aliphatic rings. The quantitative estimate of drug-likeness (QED) is 0.804. The molecule has 0 radical (unpaired) electrons. The van der Waals surface area contributed by atoms with Gasteiger partial charge in [0, 0.05) is 19.2 Å². The zero-order valence-corrected chi connectivity index (χ0v) is 12.0. The second-order valence-corrected chi connectivity index (χ2v) is 4.44. The minimum absolute atomic E-state index is 0.0319.